The number of rotatable bonds is 5. The van der Waals surface area contributed by atoms with Crippen LogP contribution in [0.1, 0.15) is 18.1 Å². The zero-order chi connectivity index (χ0) is 14.5. The molecule has 20 heavy (non-hydrogen) atoms. The van der Waals surface area contributed by atoms with E-state index in [-0.39, 0.29) is 5.82 Å². The Kier molecular flexibility index (Phi) is 5.15. The SMILES string of the molecule is CCN(Cc1cccc(N)c1)Cc1ccc(Br)cc1F. The molecule has 0 spiro atoms. The van der Waals surface area contributed by atoms with E-state index in [9.17, 15) is 4.39 Å². The van der Waals surface area contributed by atoms with Crippen LogP contribution in [0.2, 0.25) is 0 Å². The maximum absolute atomic E-state index is 13.9. The third kappa shape index (κ3) is 4.05. The molecule has 0 aromatic heterocycles. The Bertz CT molecular complexity index is 586. The molecule has 0 amide bonds. The Morgan fingerprint density at radius 3 is 2.60 bits per heavy atom. The van der Waals surface area contributed by atoms with Crippen LogP contribution in [-0.4, -0.2) is 11.4 Å². The summed E-state index contributed by atoms with van der Waals surface area (Å²) in [6.45, 7) is 4.27. The number of benzene rings is 2. The lowest BCUT2D eigenvalue weighted by molar-refractivity contribution is 0.267. The molecule has 0 aliphatic carbocycles. The molecular formula is C16H18BrFN2. The lowest BCUT2D eigenvalue weighted by atomic mass is 10.1. The van der Waals surface area contributed by atoms with Crippen LogP contribution in [-0.2, 0) is 13.1 Å². The van der Waals surface area contributed by atoms with Gasteiger partial charge in [0.2, 0.25) is 0 Å². The molecule has 0 saturated carbocycles. The summed E-state index contributed by atoms with van der Waals surface area (Å²) in [6.07, 6.45) is 0. The summed E-state index contributed by atoms with van der Waals surface area (Å²) in [5.41, 5.74) is 8.39. The molecule has 0 unspecified atom stereocenters. The standard InChI is InChI=1S/C16H18BrFN2/c1-2-20(10-12-4-3-5-15(19)8-12)11-13-6-7-14(17)9-16(13)18/h3-9H,2,10-11,19H2,1H3. The highest BCUT2D eigenvalue weighted by atomic mass is 79.9. The van der Waals surface area contributed by atoms with Crippen LogP contribution in [0.4, 0.5) is 10.1 Å². The second-order valence-electron chi connectivity index (χ2n) is 4.78. The van der Waals surface area contributed by atoms with Crippen molar-refractivity contribution in [3.8, 4) is 0 Å². The first kappa shape index (κ1) is 15.0. The molecular weight excluding hydrogens is 319 g/mol. The van der Waals surface area contributed by atoms with Gasteiger partial charge in [-0.1, -0.05) is 41.1 Å². The topological polar surface area (TPSA) is 29.3 Å². The van der Waals surface area contributed by atoms with Gasteiger partial charge in [-0.3, -0.25) is 4.90 Å². The highest BCUT2D eigenvalue weighted by molar-refractivity contribution is 9.10. The highest BCUT2D eigenvalue weighted by Crippen LogP contribution is 2.18. The molecule has 4 heteroatoms. The Hall–Kier alpha value is -1.39. The fourth-order valence-corrected chi connectivity index (χ4v) is 2.45. The van der Waals surface area contributed by atoms with Crippen molar-refractivity contribution in [2.45, 2.75) is 20.0 Å². The largest absolute Gasteiger partial charge is 0.399 e. The third-order valence-electron chi connectivity index (χ3n) is 3.21. The van der Waals surface area contributed by atoms with E-state index in [0.717, 1.165) is 28.8 Å². The van der Waals surface area contributed by atoms with Crippen LogP contribution in [0.25, 0.3) is 0 Å². The Labute approximate surface area is 127 Å². The van der Waals surface area contributed by atoms with Gasteiger partial charge < -0.3 is 5.73 Å². The van der Waals surface area contributed by atoms with Crippen LogP contribution in [0, 0.1) is 5.82 Å². The molecule has 106 valence electrons. The van der Waals surface area contributed by atoms with Crippen molar-refractivity contribution in [3.63, 3.8) is 0 Å². The fraction of sp³-hybridized carbons (Fsp3) is 0.250. The van der Waals surface area contributed by atoms with Gasteiger partial charge in [-0.05, 0) is 36.4 Å². The summed E-state index contributed by atoms with van der Waals surface area (Å²) in [4.78, 5) is 2.18. The molecule has 0 atom stereocenters. The van der Waals surface area contributed by atoms with Crippen molar-refractivity contribution in [1.82, 2.24) is 4.90 Å². The fourth-order valence-electron chi connectivity index (χ4n) is 2.12. The smallest absolute Gasteiger partial charge is 0.128 e. The lowest BCUT2D eigenvalue weighted by Crippen LogP contribution is -2.23. The van der Waals surface area contributed by atoms with Gasteiger partial charge in [0.15, 0.2) is 0 Å². The minimum Gasteiger partial charge on any atom is -0.399 e. The molecule has 2 nitrogen and oxygen atoms in total. The van der Waals surface area contributed by atoms with Crippen LogP contribution >= 0.6 is 15.9 Å². The average molecular weight is 337 g/mol. The quantitative estimate of drug-likeness (QED) is 0.829. The summed E-state index contributed by atoms with van der Waals surface area (Å²) >= 11 is 3.27. The predicted octanol–water partition coefficient (Wildman–Crippen LogP) is 4.19. The predicted molar refractivity (Wildman–Crippen MR) is 84.7 cm³/mol. The summed E-state index contributed by atoms with van der Waals surface area (Å²) in [5.74, 6) is -0.176. The number of nitrogens with zero attached hydrogens (tertiary/aromatic N) is 1. The molecule has 0 aliphatic rings. The van der Waals surface area contributed by atoms with E-state index in [1.165, 1.54) is 6.07 Å². The van der Waals surface area contributed by atoms with Gasteiger partial charge in [0, 0.05) is 28.8 Å². The van der Waals surface area contributed by atoms with Crippen molar-refractivity contribution in [1.29, 1.82) is 0 Å². The second kappa shape index (κ2) is 6.86. The number of nitrogen functional groups attached to an aromatic ring is 1. The first-order valence-corrected chi connectivity index (χ1v) is 7.38. The van der Waals surface area contributed by atoms with Gasteiger partial charge in [-0.2, -0.15) is 0 Å². The Morgan fingerprint density at radius 1 is 1.15 bits per heavy atom. The van der Waals surface area contributed by atoms with Crippen LogP contribution in [0.3, 0.4) is 0 Å². The van der Waals surface area contributed by atoms with Gasteiger partial charge in [-0.25, -0.2) is 4.39 Å². The average Bonchev–Trinajstić information content (AvgIpc) is 2.41. The summed E-state index contributed by atoms with van der Waals surface area (Å²) < 4.78 is 14.6. The molecule has 2 rings (SSSR count). The zero-order valence-corrected chi connectivity index (χ0v) is 13.0. The Balaban J connectivity index is 2.09. The van der Waals surface area contributed by atoms with Gasteiger partial charge in [-0.15, -0.1) is 0 Å². The minimum absolute atomic E-state index is 0.176. The minimum atomic E-state index is -0.176. The molecule has 2 N–H and O–H groups in total. The molecule has 0 fully saturated rings. The molecule has 0 saturated heterocycles. The zero-order valence-electron chi connectivity index (χ0n) is 11.4. The Morgan fingerprint density at radius 2 is 1.95 bits per heavy atom. The van der Waals surface area contributed by atoms with E-state index in [4.69, 9.17) is 5.73 Å². The monoisotopic (exact) mass is 336 g/mol. The van der Waals surface area contributed by atoms with Crippen molar-refractivity contribution < 1.29 is 4.39 Å². The van der Waals surface area contributed by atoms with Crippen molar-refractivity contribution in [2.75, 3.05) is 12.3 Å². The maximum Gasteiger partial charge on any atom is 0.128 e. The van der Waals surface area contributed by atoms with Gasteiger partial charge in [0.1, 0.15) is 5.82 Å². The van der Waals surface area contributed by atoms with Gasteiger partial charge in [0.05, 0.1) is 0 Å². The highest BCUT2D eigenvalue weighted by Gasteiger charge is 2.09. The van der Waals surface area contributed by atoms with E-state index in [1.807, 2.05) is 36.4 Å². The molecule has 0 aliphatic heterocycles. The lowest BCUT2D eigenvalue weighted by Gasteiger charge is -2.21. The number of halogens is 2. The van der Waals surface area contributed by atoms with E-state index in [1.54, 1.807) is 0 Å². The number of nitrogens with two attached hydrogens (primary N) is 1. The van der Waals surface area contributed by atoms with Crippen LogP contribution < -0.4 is 5.73 Å². The molecule has 2 aromatic carbocycles. The van der Waals surface area contributed by atoms with Crippen molar-refractivity contribution in [3.05, 3.63) is 63.9 Å². The molecule has 0 radical (unpaired) electrons. The molecule has 0 heterocycles. The maximum atomic E-state index is 13.9. The van der Waals surface area contributed by atoms with Gasteiger partial charge >= 0.3 is 0 Å². The molecule has 2 aromatic rings. The van der Waals surface area contributed by atoms with E-state index in [0.29, 0.717) is 12.1 Å². The number of hydrogen-bond acceptors (Lipinski definition) is 2. The summed E-state index contributed by atoms with van der Waals surface area (Å²) in [5, 5.41) is 0. The van der Waals surface area contributed by atoms with Crippen LogP contribution in [0.15, 0.2) is 46.9 Å². The first-order valence-electron chi connectivity index (χ1n) is 6.59. The summed E-state index contributed by atoms with van der Waals surface area (Å²) in [7, 11) is 0. The van der Waals surface area contributed by atoms with Gasteiger partial charge in [0.25, 0.3) is 0 Å². The van der Waals surface area contributed by atoms with E-state index < -0.39 is 0 Å². The van der Waals surface area contributed by atoms with E-state index >= 15 is 0 Å². The first-order chi connectivity index (χ1) is 9.58. The third-order valence-corrected chi connectivity index (χ3v) is 3.71. The van der Waals surface area contributed by atoms with Crippen molar-refractivity contribution in [2.24, 2.45) is 0 Å². The normalized spacial score (nSPS) is 11.0. The van der Waals surface area contributed by atoms with Crippen molar-refractivity contribution >= 4 is 21.6 Å². The molecule has 0 bridgehead atoms. The number of anilines is 1. The second-order valence-corrected chi connectivity index (χ2v) is 5.70. The van der Waals surface area contributed by atoms with E-state index in [2.05, 4.69) is 27.8 Å². The van der Waals surface area contributed by atoms with Crippen LogP contribution in [0.5, 0.6) is 0 Å². The summed E-state index contributed by atoms with van der Waals surface area (Å²) in [6, 6.07) is 13.0. The number of hydrogen-bond donors (Lipinski definition) is 1.